The van der Waals surface area contributed by atoms with E-state index in [0.29, 0.717) is 17.0 Å². The van der Waals surface area contributed by atoms with Crippen molar-refractivity contribution in [2.24, 2.45) is 5.73 Å². The molecular weight excluding hydrogens is 328 g/mol. The number of rotatable bonds is 4. The van der Waals surface area contributed by atoms with Crippen LogP contribution in [0, 0.1) is 25.2 Å². The summed E-state index contributed by atoms with van der Waals surface area (Å²) in [5.41, 5.74) is 9.58. The van der Waals surface area contributed by atoms with Crippen molar-refractivity contribution in [2.45, 2.75) is 13.8 Å². The Kier molecular flexibility index (Phi) is 4.58. The van der Waals surface area contributed by atoms with Crippen LogP contribution in [0.3, 0.4) is 0 Å². The lowest BCUT2D eigenvalue weighted by atomic mass is 10.1. The number of primary amides is 1. The maximum absolute atomic E-state index is 11.9. The van der Waals surface area contributed by atoms with Gasteiger partial charge in [-0.25, -0.2) is 9.67 Å². The van der Waals surface area contributed by atoms with Crippen LogP contribution in [-0.2, 0) is 4.79 Å². The fraction of sp³-hybridized carbons (Fsp3) is 0.105. The van der Waals surface area contributed by atoms with Crippen molar-refractivity contribution in [3.63, 3.8) is 0 Å². The minimum Gasteiger partial charge on any atom is -0.366 e. The number of hydrogen-bond donors (Lipinski definition) is 1. The molecule has 0 aliphatic heterocycles. The van der Waals surface area contributed by atoms with Crippen LogP contribution in [0.5, 0.6) is 0 Å². The third kappa shape index (κ3) is 3.65. The number of pyridine rings is 1. The molecule has 0 radical (unpaired) electrons. The van der Waals surface area contributed by atoms with Crippen LogP contribution < -0.4 is 5.73 Å². The molecule has 7 heteroatoms. The number of nitrogens with two attached hydrogens (primary N) is 1. The zero-order valence-corrected chi connectivity index (χ0v) is 14.3. The SMILES string of the molecule is Cc1cc(C)cc(-c2ncn(/C=C(/C(N)=O)c3cncc(C#N)c3)n2)c1. The van der Waals surface area contributed by atoms with Crippen molar-refractivity contribution in [3.05, 3.63) is 65.2 Å². The normalized spacial score (nSPS) is 11.2. The average Bonchev–Trinajstić information content (AvgIpc) is 3.07. The lowest BCUT2D eigenvalue weighted by Crippen LogP contribution is -2.14. The van der Waals surface area contributed by atoms with E-state index in [9.17, 15) is 4.79 Å². The lowest BCUT2D eigenvalue weighted by Gasteiger charge is -2.04. The van der Waals surface area contributed by atoms with E-state index in [1.165, 1.54) is 29.6 Å². The standard InChI is InChI=1S/C19H16N6O/c1-12-3-13(2)5-15(4-12)19-23-11-25(24-19)10-17(18(21)26)16-6-14(7-20)8-22-9-16/h3-6,8-11H,1-2H3,(H2,21,26)/b17-10+. The van der Waals surface area contributed by atoms with Crippen molar-refractivity contribution < 1.29 is 4.79 Å². The fourth-order valence-electron chi connectivity index (χ4n) is 2.63. The van der Waals surface area contributed by atoms with Crippen LogP contribution in [-0.4, -0.2) is 25.7 Å². The third-order valence-electron chi connectivity index (χ3n) is 3.69. The van der Waals surface area contributed by atoms with Crippen LogP contribution in [0.1, 0.15) is 22.3 Å². The highest BCUT2D eigenvalue weighted by molar-refractivity contribution is 6.22. The summed E-state index contributed by atoms with van der Waals surface area (Å²) >= 11 is 0. The number of hydrogen-bond acceptors (Lipinski definition) is 5. The van der Waals surface area contributed by atoms with Gasteiger partial charge in [0.2, 0.25) is 0 Å². The van der Waals surface area contributed by atoms with Crippen LogP contribution in [0.25, 0.3) is 23.2 Å². The summed E-state index contributed by atoms with van der Waals surface area (Å²) in [6.45, 7) is 4.02. The Bertz CT molecular complexity index is 1040. The van der Waals surface area contributed by atoms with Crippen molar-refractivity contribution in [1.29, 1.82) is 5.26 Å². The number of aromatic nitrogens is 4. The molecule has 3 aromatic rings. The highest BCUT2D eigenvalue weighted by Gasteiger charge is 2.12. The molecular formula is C19H16N6O. The summed E-state index contributed by atoms with van der Waals surface area (Å²) in [7, 11) is 0. The van der Waals surface area contributed by atoms with Gasteiger partial charge in [0.05, 0.1) is 11.1 Å². The maximum Gasteiger partial charge on any atom is 0.250 e. The Balaban J connectivity index is 2.01. The molecule has 0 saturated heterocycles. The van der Waals surface area contributed by atoms with Crippen molar-refractivity contribution >= 4 is 17.7 Å². The van der Waals surface area contributed by atoms with E-state index >= 15 is 0 Å². The molecule has 0 saturated carbocycles. The molecule has 0 aliphatic rings. The first-order valence-electron chi connectivity index (χ1n) is 7.83. The average molecular weight is 344 g/mol. The number of nitrogens with zero attached hydrogens (tertiary/aromatic N) is 5. The Morgan fingerprint density at radius 1 is 1.19 bits per heavy atom. The first-order chi connectivity index (χ1) is 12.5. The molecule has 0 fully saturated rings. The van der Waals surface area contributed by atoms with Gasteiger partial charge in [-0.2, -0.15) is 5.26 Å². The second kappa shape index (κ2) is 6.99. The number of carbonyl (C=O) groups is 1. The van der Waals surface area contributed by atoms with E-state index in [2.05, 4.69) is 21.1 Å². The minimum atomic E-state index is -0.648. The highest BCUT2D eigenvalue weighted by atomic mass is 16.1. The van der Waals surface area contributed by atoms with Crippen molar-refractivity contribution in [1.82, 2.24) is 19.7 Å². The van der Waals surface area contributed by atoms with Crippen molar-refractivity contribution in [2.75, 3.05) is 0 Å². The van der Waals surface area contributed by atoms with E-state index in [1.54, 1.807) is 6.07 Å². The first-order valence-corrected chi connectivity index (χ1v) is 7.83. The van der Waals surface area contributed by atoms with Crippen LogP contribution in [0.2, 0.25) is 0 Å². The van der Waals surface area contributed by atoms with Crippen LogP contribution in [0.4, 0.5) is 0 Å². The Hall–Kier alpha value is -3.79. The number of nitriles is 1. The van der Waals surface area contributed by atoms with Gasteiger partial charge >= 0.3 is 0 Å². The van der Waals surface area contributed by atoms with E-state index in [-0.39, 0.29) is 5.57 Å². The Labute approximate surface area is 150 Å². The van der Waals surface area contributed by atoms with Crippen molar-refractivity contribution in [3.8, 4) is 17.5 Å². The van der Waals surface area contributed by atoms with Gasteiger partial charge in [0.15, 0.2) is 5.82 Å². The summed E-state index contributed by atoms with van der Waals surface area (Å²) in [6, 6.07) is 9.59. The minimum absolute atomic E-state index is 0.187. The number of benzene rings is 1. The van der Waals surface area contributed by atoms with Gasteiger partial charge in [-0.15, -0.1) is 5.10 Å². The van der Waals surface area contributed by atoms with E-state index in [0.717, 1.165) is 16.7 Å². The molecule has 1 aromatic carbocycles. The predicted molar refractivity (Wildman–Crippen MR) is 97.2 cm³/mol. The molecule has 7 nitrogen and oxygen atoms in total. The number of aryl methyl sites for hydroxylation is 2. The molecule has 0 bridgehead atoms. The van der Waals surface area contributed by atoms with Gasteiger partial charge in [0.1, 0.15) is 12.4 Å². The summed E-state index contributed by atoms with van der Waals surface area (Å²) in [6.07, 6.45) is 5.85. The second-order valence-corrected chi connectivity index (χ2v) is 5.91. The Morgan fingerprint density at radius 3 is 2.58 bits per heavy atom. The zero-order chi connectivity index (χ0) is 18.7. The van der Waals surface area contributed by atoms with E-state index < -0.39 is 5.91 Å². The summed E-state index contributed by atoms with van der Waals surface area (Å²) in [5, 5.41) is 13.4. The maximum atomic E-state index is 11.9. The molecule has 128 valence electrons. The van der Waals surface area contributed by atoms with Gasteiger partial charge in [-0.3, -0.25) is 9.78 Å². The predicted octanol–water partition coefficient (Wildman–Crippen LogP) is 2.31. The molecule has 2 N–H and O–H groups in total. The van der Waals surface area contributed by atoms with Crippen LogP contribution >= 0.6 is 0 Å². The molecule has 0 unspecified atom stereocenters. The molecule has 0 aliphatic carbocycles. The van der Waals surface area contributed by atoms with Gasteiger partial charge in [0, 0.05) is 29.7 Å². The highest BCUT2D eigenvalue weighted by Crippen LogP contribution is 2.20. The van der Waals surface area contributed by atoms with Gasteiger partial charge in [0.25, 0.3) is 5.91 Å². The Morgan fingerprint density at radius 2 is 1.92 bits per heavy atom. The molecule has 2 heterocycles. The third-order valence-corrected chi connectivity index (χ3v) is 3.69. The van der Waals surface area contributed by atoms with Gasteiger partial charge < -0.3 is 5.73 Å². The number of carbonyl (C=O) groups excluding carboxylic acids is 1. The number of amides is 1. The summed E-state index contributed by atoms with van der Waals surface area (Å²) in [5.74, 6) is -0.105. The quantitative estimate of drug-likeness (QED) is 0.730. The molecule has 26 heavy (non-hydrogen) atoms. The largest absolute Gasteiger partial charge is 0.366 e. The lowest BCUT2D eigenvalue weighted by molar-refractivity contribution is -0.112. The van der Waals surface area contributed by atoms with E-state index in [4.69, 9.17) is 11.0 Å². The van der Waals surface area contributed by atoms with Gasteiger partial charge in [-0.05, 0) is 32.0 Å². The summed E-state index contributed by atoms with van der Waals surface area (Å²) in [4.78, 5) is 20.1. The fourth-order valence-corrected chi connectivity index (χ4v) is 2.63. The molecule has 3 rings (SSSR count). The monoisotopic (exact) mass is 344 g/mol. The zero-order valence-electron chi connectivity index (χ0n) is 14.3. The topological polar surface area (TPSA) is 110 Å². The van der Waals surface area contributed by atoms with Gasteiger partial charge in [-0.1, -0.05) is 17.2 Å². The van der Waals surface area contributed by atoms with Crippen LogP contribution in [0.15, 0.2) is 43.0 Å². The van der Waals surface area contributed by atoms with E-state index in [1.807, 2.05) is 32.0 Å². The first kappa shape index (κ1) is 17.0. The summed E-state index contributed by atoms with van der Waals surface area (Å²) < 4.78 is 1.42. The smallest absolute Gasteiger partial charge is 0.250 e. The molecule has 0 spiro atoms. The molecule has 0 atom stereocenters. The molecule has 2 aromatic heterocycles. The second-order valence-electron chi connectivity index (χ2n) is 5.91. The molecule has 1 amide bonds.